The van der Waals surface area contributed by atoms with E-state index in [9.17, 15) is 9.18 Å². The number of carbonyl (C=O) groups excluding carboxylic acids is 1. The van der Waals surface area contributed by atoms with Gasteiger partial charge in [-0.3, -0.25) is 4.79 Å². The fraction of sp³-hybridized carbons (Fsp3) is 0.294. The monoisotopic (exact) mass is 403 g/mol. The van der Waals surface area contributed by atoms with Gasteiger partial charge in [-0.15, -0.1) is 24.8 Å². The zero-order valence-electron chi connectivity index (χ0n) is 13.8. The molecule has 1 atom stereocenters. The van der Waals surface area contributed by atoms with E-state index in [1.165, 1.54) is 24.3 Å². The maximum atomic E-state index is 12.8. The molecule has 1 aliphatic heterocycles. The van der Waals surface area contributed by atoms with E-state index in [0.29, 0.717) is 31.3 Å². The Morgan fingerprint density at radius 2 is 2.04 bits per heavy atom. The minimum atomic E-state index is -0.451. The summed E-state index contributed by atoms with van der Waals surface area (Å²) in [6, 6.07) is 9.21. The van der Waals surface area contributed by atoms with Crippen LogP contribution in [0.5, 0.6) is 11.6 Å². The molecule has 1 aliphatic rings. The number of halogens is 3. The molecule has 1 amide bonds. The van der Waals surface area contributed by atoms with Crippen LogP contribution >= 0.6 is 24.8 Å². The molecule has 1 unspecified atom stereocenters. The average Bonchev–Trinajstić information content (AvgIpc) is 2.63. The molecule has 1 aromatic heterocycles. The first-order valence-corrected chi connectivity index (χ1v) is 7.69. The number of hydrogen-bond acceptors (Lipinski definition) is 5. The molecule has 142 valence electrons. The highest BCUT2D eigenvalue weighted by Crippen LogP contribution is 2.19. The summed E-state index contributed by atoms with van der Waals surface area (Å²) >= 11 is 0. The van der Waals surface area contributed by atoms with Gasteiger partial charge < -0.3 is 20.1 Å². The second kappa shape index (κ2) is 10.9. The normalized spacial score (nSPS) is 16.0. The maximum absolute atomic E-state index is 12.8. The summed E-state index contributed by atoms with van der Waals surface area (Å²) in [7, 11) is 0. The Balaban J connectivity index is 0.00000169. The number of carbonyl (C=O) groups is 1. The van der Waals surface area contributed by atoms with Crippen molar-refractivity contribution in [2.75, 3.05) is 19.7 Å². The van der Waals surface area contributed by atoms with E-state index in [0.717, 1.165) is 12.1 Å². The largest absolute Gasteiger partial charge is 0.439 e. The number of morpholine rings is 1. The van der Waals surface area contributed by atoms with Gasteiger partial charge in [0, 0.05) is 31.9 Å². The van der Waals surface area contributed by atoms with E-state index in [4.69, 9.17) is 9.47 Å². The Morgan fingerprint density at radius 3 is 2.65 bits per heavy atom. The van der Waals surface area contributed by atoms with Crippen LogP contribution in [-0.4, -0.2) is 36.7 Å². The van der Waals surface area contributed by atoms with E-state index in [-0.39, 0.29) is 36.5 Å². The van der Waals surface area contributed by atoms with Gasteiger partial charge in [-0.25, -0.2) is 9.37 Å². The van der Waals surface area contributed by atoms with Gasteiger partial charge in [0.05, 0.1) is 6.61 Å². The van der Waals surface area contributed by atoms with Crippen molar-refractivity contribution in [3.8, 4) is 11.6 Å². The number of nitrogens with zero attached hydrogens (tertiary/aromatic N) is 1. The average molecular weight is 404 g/mol. The molecule has 1 fully saturated rings. The second-order valence-corrected chi connectivity index (χ2v) is 5.34. The smallest absolute Gasteiger partial charge is 0.250 e. The Hall–Kier alpha value is -1.93. The number of ether oxygens (including phenoxy) is 2. The lowest BCUT2D eigenvalue weighted by molar-refractivity contribution is -0.134. The molecule has 0 spiro atoms. The molecular weight excluding hydrogens is 384 g/mol. The molecule has 0 saturated carbocycles. The van der Waals surface area contributed by atoms with Crippen molar-refractivity contribution in [1.29, 1.82) is 0 Å². The van der Waals surface area contributed by atoms with Crippen LogP contribution in [-0.2, 0) is 16.1 Å². The number of amides is 1. The quantitative estimate of drug-likeness (QED) is 0.801. The van der Waals surface area contributed by atoms with Gasteiger partial charge in [-0.1, -0.05) is 6.07 Å². The Bertz CT molecular complexity index is 681. The number of rotatable bonds is 5. The minimum absolute atomic E-state index is 0. The fourth-order valence-electron chi connectivity index (χ4n) is 2.24. The van der Waals surface area contributed by atoms with Gasteiger partial charge >= 0.3 is 0 Å². The van der Waals surface area contributed by atoms with Gasteiger partial charge in [0.25, 0.3) is 5.91 Å². The van der Waals surface area contributed by atoms with Crippen LogP contribution in [0.2, 0.25) is 0 Å². The van der Waals surface area contributed by atoms with Crippen molar-refractivity contribution in [3.63, 3.8) is 0 Å². The SMILES string of the molecule is Cl.Cl.O=C(NCc1ccc(Oc2ccc(F)cc2)nc1)C1CNCCO1. The van der Waals surface area contributed by atoms with Crippen molar-refractivity contribution in [3.05, 3.63) is 54.0 Å². The van der Waals surface area contributed by atoms with Crippen LogP contribution in [0.3, 0.4) is 0 Å². The van der Waals surface area contributed by atoms with E-state index in [1.54, 1.807) is 12.3 Å². The fourth-order valence-corrected chi connectivity index (χ4v) is 2.24. The van der Waals surface area contributed by atoms with Gasteiger partial charge in [0.15, 0.2) is 0 Å². The summed E-state index contributed by atoms with van der Waals surface area (Å²) in [6.45, 7) is 2.19. The third-order valence-corrected chi connectivity index (χ3v) is 3.52. The zero-order valence-corrected chi connectivity index (χ0v) is 15.4. The van der Waals surface area contributed by atoms with Crippen LogP contribution in [0.15, 0.2) is 42.6 Å². The van der Waals surface area contributed by atoms with Crippen molar-refractivity contribution in [2.45, 2.75) is 12.6 Å². The maximum Gasteiger partial charge on any atom is 0.250 e. The highest BCUT2D eigenvalue weighted by molar-refractivity contribution is 5.85. The molecule has 2 aromatic rings. The predicted molar refractivity (Wildman–Crippen MR) is 99.7 cm³/mol. The van der Waals surface area contributed by atoms with Gasteiger partial charge in [-0.05, 0) is 29.8 Å². The standard InChI is InChI=1S/C17H18FN3O3.2ClH/c18-13-2-4-14(5-3-13)24-16-6-1-12(9-20-16)10-21-17(22)15-11-19-7-8-23-15;;/h1-6,9,15,19H,7-8,10-11H2,(H,21,22);2*1H. The summed E-state index contributed by atoms with van der Waals surface area (Å²) in [6.07, 6.45) is 1.17. The van der Waals surface area contributed by atoms with E-state index in [1.807, 2.05) is 6.07 Å². The van der Waals surface area contributed by atoms with Gasteiger partial charge in [-0.2, -0.15) is 0 Å². The first-order chi connectivity index (χ1) is 11.7. The molecule has 26 heavy (non-hydrogen) atoms. The topological polar surface area (TPSA) is 72.5 Å². The van der Waals surface area contributed by atoms with E-state index < -0.39 is 6.10 Å². The Kier molecular flexibility index (Phi) is 9.29. The molecule has 1 aromatic carbocycles. The number of hydrogen-bond donors (Lipinski definition) is 2. The number of nitrogens with one attached hydrogen (secondary N) is 2. The van der Waals surface area contributed by atoms with Crippen LogP contribution in [0.4, 0.5) is 4.39 Å². The second-order valence-electron chi connectivity index (χ2n) is 5.34. The third kappa shape index (κ3) is 6.42. The summed E-state index contributed by atoms with van der Waals surface area (Å²) in [4.78, 5) is 16.1. The number of aromatic nitrogens is 1. The summed E-state index contributed by atoms with van der Waals surface area (Å²) in [5, 5.41) is 5.93. The lowest BCUT2D eigenvalue weighted by atomic mass is 10.2. The highest BCUT2D eigenvalue weighted by atomic mass is 35.5. The molecule has 0 aliphatic carbocycles. The van der Waals surface area contributed by atoms with Crippen molar-refractivity contribution in [1.82, 2.24) is 15.6 Å². The Morgan fingerprint density at radius 1 is 1.27 bits per heavy atom. The van der Waals surface area contributed by atoms with Crippen molar-refractivity contribution >= 4 is 30.7 Å². The first kappa shape index (κ1) is 22.1. The lowest BCUT2D eigenvalue weighted by Gasteiger charge is -2.22. The summed E-state index contributed by atoms with van der Waals surface area (Å²) < 4.78 is 23.7. The van der Waals surface area contributed by atoms with Gasteiger partial charge in [0.1, 0.15) is 17.7 Å². The van der Waals surface area contributed by atoms with Crippen molar-refractivity contribution in [2.24, 2.45) is 0 Å². The van der Waals surface area contributed by atoms with Crippen molar-refractivity contribution < 1.29 is 18.7 Å². The lowest BCUT2D eigenvalue weighted by Crippen LogP contribution is -2.47. The Labute approximate surface area is 163 Å². The van der Waals surface area contributed by atoms with Crippen LogP contribution in [0, 0.1) is 5.82 Å². The summed E-state index contributed by atoms with van der Waals surface area (Å²) in [5.74, 6) is 0.441. The molecular formula is C17H20Cl2FN3O3. The van der Waals surface area contributed by atoms with E-state index >= 15 is 0 Å². The van der Waals surface area contributed by atoms with E-state index in [2.05, 4.69) is 15.6 Å². The molecule has 0 radical (unpaired) electrons. The van der Waals surface area contributed by atoms with Crippen LogP contribution in [0.25, 0.3) is 0 Å². The molecule has 9 heteroatoms. The first-order valence-electron chi connectivity index (χ1n) is 7.69. The third-order valence-electron chi connectivity index (χ3n) is 3.52. The highest BCUT2D eigenvalue weighted by Gasteiger charge is 2.21. The molecule has 2 N–H and O–H groups in total. The molecule has 2 heterocycles. The molecule has 1 saturated heterocycles. The molecule has 0 bridgehead atoms. The van der Waals surface area contributed by atoms with Crippen LogP contribution < -0.4 is 15.4 Å². The summed E-state index contributed by atoms with van der Waals surface area (Å²) in [5.41, 5.74) is 0.846. The van der Waals surface area contributed by atoms with Gasteiger partial charge in [0.2, 0.25) is 5.88 Å². The number of pyridine rings is 1. The predicted octanol–water partition coefficient (Wildman–Crippen LogP) is 2.46. The zero-order chi connectivity index (χ0) is 16.8. The van der Waals surface area contributed by atoms with Crippen LogP contribution in [0.1, 0.15) is 5.56 Å². The molecule has 3 rings (SSSR count). The minimum Gasteiger partial charge on any atom is -0.439 e. The molecule has 6 nitrogen and oxygen atoms in total. The number of benzene rings is 1.